The van der Waals surface area contributed by atoms with Crippen molar-refractivity contribution in [3.05, 3.63) is 35.4 Å². The van der Waals surface area contributed by atoms with Gasteiger partial charge in [-0.15, -0.1) is 0 Å². The average molecular weight is 326 g/mol. The standard InChI is InChI=1S/C16H17F3N2O2/c1-10-5-6-21(9-10)15(22)14-8-13(20-23-14)11-3-2-4-12(7-11)16(17,18)19/h2-4,7,10,14H,5-6,8-9H2,1H3/t10-,14?/m0/s1. The van der Waals surface area contributed by atoms with Gasteiger partial charge in [-0.1, -0.05) is 24.2 Å². The van der Waals surface area contributed by atoms with Crippen LogP contribution in [0.15, 0.2) is 29.4 Å². The van der Waals surface area contributed by atoms with Crippen LogP contribution in [0.1, 0.15) is 30.9 Å². The Balaban J connectivity index is 1.69. The molecule has 0 aliphatic carbocycles. The van der Waals surface area contributed by atoms with Gasteiger partial charge in [0.15, 0.2) is 0 Å². The lowest BCUT2D eigenvalue weighted by molar-refractivity contribution is -0.141. The van der Waals surface area contributed by atoms with Gasteiger partial charge in [-0.3, -0.25) is 4.79 Å². The second-order valence-corrected chi connectivity index (χ2v) is 6.09. The van der Waals surface area contributed by atoms with Crippen molar-refractivity contribution in [2.24, 2.45) is 11.1 Å². The lowest BCUT2D eigenvalue weighted by Gasteiger charge is -2.18. The minimum absolute atomic E-state index is 0.139. The highest BCUT2D eigenvalue weighted by molar-refractivity contribution is 6.04. The number of carbonyl (C=O) groups excluding carboxylic acids is 1. The van der Waals surface area contributed by atoms with Crippen LogP contribution in [0.3, 0.4) is 0 Å². The molecule has 23 heavy (non-hydrogen) atoms. The van der Waals surface area contributed by atoms with E-state index in [0.717, 1.165) is 18.6 Å². The number of likely N-dealkylation sites (tertiary alicyclic amines) is 1. The first-order valence-corrected chi connectivity index (χ1v) is 7.53. The lowest BCUT2D eigenvalue weighted by atomic mass is 10.0. The van der Waals surface area contributed by atoms with E-state index in [2.05, 4.69) is 12.1 Å². The normalized spacial score (nSPS) is 24.5. The van der Waals surface area contributed by atoms with Gasteiger partial charge in [0, 0.05) is 25.1 Å². The number of hydrogen-bond donors (Lipinski definition) is 0. The van der Waals surface area contributed by atoms with Crippen LogP contribution >= 0.6 is 0 Å². The Morgan fingerprint density at radius 1 is 1.39 bits per heavy atom. The fourth-order valence-corrected chi connectivity index (χ4v) is 2.89. The minimum Gasteiger partial charge on any atom is -0.382 e. The maximum atomic E-state index is 12.8. The molecule has 0 bridgehead atoms. The monoisotopic (exact) mass is 326 g/mol. The summed E-state index contributed by atoms with van der Waals surface area (Å²) in [5, 5.41) is 3.82. The van der Waals surface area contributed by atoms with E-state index in [1.54, 1.807) is 11.0 Å². The number of halogens is 3. The van der Waals surface area contributed by atoms with Gasteiger partial charge in [0.25, 0.3) is 5.91 Å². The Morgan fingerprint density at radius 2 is 2.17 bits per heavy atom. The zero-order valence-electron chi connectivity index (χ0n) is 12.6. The summed E-state index contributed by atoms with van der Waals surface area (Å²) in [6.07, 6.45) is -3.98. The first-order valence-electron chi connectivity index (χ1n) is 7.53. The molecule has 2 atom stereocenters. The summed E-state index contributed by atoms with van der Waals surface area (Å²) in [7, 11) is 0. The average Bonchev–Trinajstić information content (AvgIpc) is 3.15. The molecule has 0 saturated carbocycles. The highest BCUT2D eigenvalue weighted by atomic mass is 19.4. The molecule has 1 unspecified atom stereocenters. The Labute approximate surface area is 131 Å². The summed E-state index contributed by atoms with van der Waals surface area (Å²) in [5.41, 5.74) is -0.0209. The summed E-state index contributed by atoms with van der Waals surface area (Å²) in [4.78, 5) is 19.3. The molecule has 0 radical (unpaired) electrons. The van der Waals surface area contributed by atoms with Crippen LogP contribution in [0.4, 0.5) is 13.2 Å². The second kappa shape index (κ2) is 5.86. The molecular weight excluding hydrogens is 309 g/mol. The SMILES string of the molecule is C[C@H]1CCN(C(=O)C2CC(c3cccc(C(F)(F)F)c3)=NO2)C1. The Kier molecular flexibility index (Phi) is 4.04. The van der Waals surface area contributed by atoms with E-state index in [1.807, 2.05) is 0 Å². The van der Waals surface area contributed by atoms with E-state index in [0.29, 0.717) is 30.3 Å². The Morgan fingerprint density at radius 3 is 2.83 bits per heavy atom. The van der Waals surface area contributed by atoms with E-state index in [9.17, 15) is 18.0 Å². The smallest absolute Gasteiger partial charge is 0.382 e. The van der Waals surface area contributed by atoms with E-state index in [-0.39, 0.29) is 12.3 Å². The Bertz CT molecular complexity index is 642. The van der Waals surface area contributed by atoms with Gasteiger partial charge >= 0.3 is 6.18 Å². The zero-order valence-corrected chi connectivity index (χ0v) is 12.6. The van der Waals surface area contributed by atoms with Crippen LogP contribution < -0.4 is 0 Å². The molecule has 124 valence electrons. The number of hydrogen-bond acceptors (Lipinski definition) is 3. The number of amides is 1. The van der Waals surface area contributed by atoms with Crippen molar-refractivity contribution < 1.29 is 22.8 Å². The van der Waals surface area contributed by atoms with Gasteiger partial charge in [-0.2, -0.15) is 13.2 Å². The molecule has 2 aliphatic heterocycles. The van der Waals surface area contributed by atoms with Crippen molar-refractivity contribution in [3.8, 4) is 0 Å². The van der Waals surface area contributed by atoms with E-state index in [1.165, 1.54) is 6.07 Å². The topological polar surface area (TPSA) is 41.9 Å². The van der Waals surface area contributed by atoms with Gasteiger partial charge in [-0.05, 0) is 24.5 Å². The van der Waals surface area contributed by atoms with Gasteiger partial charge in [0.1, 0.15) is 0 Å². The molecule has 0 spiro atoms. The van der Waals surface area contributed by atoms with Crippen LogP contribution in [-0.4, -0.2) is 35.7 Å². The molecule has 0 aromatic heterocycles. The molecule has 3 rings (SSSR count). The first-order chi connectivity index (χ1) is 10.8. The van der Waals surface area contributed by atoms with E-state index >= 15 is 0 Å². The van der Waals surface area contributed by atoms with Gasteiger partial charge in [-0.25, -0.2) is 0 Å². The molecule has 1 saturated heterocycles. The summed E-state index contributed by atoms with van der Waals surface area (Å²) in [6, 6.07) is 4.92. The highest BCUT2D eigenvalue weighted by Gasteiger charge is 2.36. The largest absolute Gasteiger partial charge is 0.416 e. The molecule has 1 aromatic carbocycles. The third-order valence-electron chi connectivity index (χ3n) is 4.20. The lowest BCUT2D eigenvalue weighted by Crippen LogP contribution is -2.37. The number of benzene rings is 1. The molecule has 7 heteroatoms. The quantitative estimate of drug-likeness (QED) is 0.838. The van der Waals surface area contributed by atoms with Crippen molar-refractivity contribution in [3.63, 3.8) is 0 Å². The van der Waals surface area contributed by atoms with Crippen LogP contribution in [-0.2, 0) is 15.8 Å². The molecule has 2 aliphatic rings. The summed E-state index contributed by atoms with van der Waals surface area (Å²) >= 11 is 0. The van der Waals surface area contributed by atoms with Crippen LogP contribution in [0, 0.1) is 5.92 Å². The third-order valence-corrected chi connectivity index (χ3v) is 4.20. The van der Waals surface area contributed by atoms with E-state index in [4.69, 9.17) is 4.84 Å². The second-order valence-electron chi connectivity index (χ2n) is 6.09. The van der Waals surface area contributed by atoms with Gasteiger partial charge in [0.05, 0.1) is 11.3 Å². The molecule has 2 heterocycles. The van der Waals surface area contributed by atoms with Crippen molar-refractivity contribution in [2.45, 2.75) is 32.0 Å². The predicted molar refractivity (Wildman–Crippen MR) is 77.8 cm³/mol. The molecule has 1 amide bonds. The number of carbonyl (C=O) groups is 1. The highest BCUT2D eigenvalue weighted by Crippen LogP contribution is 2.30. The van der Waals surface area contributed by atoms with Crippen LogP contribution in [0.5, 0.6) is 0 Å². The van der Waals surface area contributed by atoms with E-state index < -0.39 is 17.8 Å². The molecular formula is C16H17F3N2O2. The van der Waals surface area contributed by atoms with Crippen molar-refractivity contribution in [1.29, 1.82) is 0 Å². The number of oxime groups is 1. The summed E-state index contributed by atoms with van der Waals surface area (Å²) in [5.74, 6) is 0.323. The summed E-state index contributed by atoms with van der Waals surface area (Å²) < 4.78 is 38.3. The van der Waals surface area contributed by atoms with Gasteiger partial charge in [0.2, 0.25) is 6.10 Å². The minimum atomic E-state index is -4.41. The maximum Gasteiger partial charge on any atom is 0.416 e. The first kappa shape index (κ1) is 15.8. The maximum absolute atomic E-state index is 12.8. The van der Waals surface area contributed by atoms with Crippen molar-refractivity contribution >= 4 is 11.6 Å². The fraction of sp³-hybridized carbons (Fsp3) is 0.500. The van der Waals surface area contributed by atoms with Gasteiger partial charge < -0.3 is 9.74 Å². The number of rotatable bonds is 2. The molecule has 0 N–H and O–H groups in total. The zero-order chi connectivity index (χ0) is 16.6. The third kappa shape index (κ3) is 3.33. The van der Waals surface area contributed by atoms with Crippen molar-refractivity contribution in [2.75, 3.05) is 13.1 Å². The molecule has 1 fully saturated rings. The Hall–Kier alpha value is -2.05. The summed E-state index contributed by atoms with van der Waals surface area (Å²) in [6.45, 7) is 3.46. The number of nitrogens with zero attached hydrogens (tertiary/aromatic N) is 2. The molecule has 1 aromatic rings. The molecule has 4 nitrogen and oxygen atoms in total. The van der Waals surface area contributed by atoms with Crippen LogP contribution in [0.2, 0.25) is 0 Å². The van der Waals surface area contributed by atoms with Crippen LogP contribution in [0.25, 0.3) is 0 Å². The van der Waals surface area contributed by atoms with Crippen molar-refractivity contribution in [1.82, 2.24) is 4.90 Å². The predicted octanol–water partition coefficient (Wildman–Crippen LogP) is 3.07. The number of alkyl halides is 3. The fourth-order valence-electron chi connectivity index (χ4n) is 2.89.